The lowest BCUT2D eigenvalue weighted by atomic mass is 10.0. The average Bonchev–Trinajstić information content (AvgIpc) is 2.99. The standard InChI is InChI=1S/C17H20N2O2S/c1-12-15-7-9-22-16(15)6-8-19(12)11-17(20)18-13-4-3-5-14(10-13)21-2/h3-5,7,9-10,12H,6,8,11H2,1-2H3,(H,18,20)/p+1/t12-/m1/s1. The Labute approximate surface area is 134 Å². The van der Waals surface area contributed by atoms with Gasteiger partial charge in [-0.25, -0.2) is 0 Å². The maximum atomic E-state index is 12.3. The number of anilines is 1. The van der Waals surface area contributed by atoms with Gasteiger partial charge in [-0.2, -0.15) is 0 Å². The van der Waals surface area contributed by atoms with Crippen molar-refractivity contribution >= 4 is 22.9 Å². The highest BCUT2D eigenvalue weighted by atomic mass is 32.1. The minimum atomic E-state index is 0.0498. The zero-order valence-corrected chi connectivity index (χ0v) is 13.7. The Hall–Kier alpha value is -1.85. The monoisotopic (exact) mass is 317 g/mol. The van der Waals surface area contributed by atoms with E-state index in [9.17, 15) is 4.79 Å². The number of benzene rings is 1. The Bertz CT molecular complexity index is 668. The number of hydrogen-bond donors (Lipinski definition) is 2. The quantitative estimate of drug-likeness (QED) is 0.904. The van der Waals surface area contributed by atoms with E-state index < -0.39 is 0 Å². The minimum absolute atomic E-state index is 0.0498. The van der Waals surface area contributed by atoms with Gasteiger partial charge in [-0.05, 0) is 30.5 Å². The molecule has 2 N–H and O–H groups in total. The highest BCUT2D eigenvalue weighted by Crippen LogP contribution is 2.24. The molecule has 1 unspecified atom stereocenters. The summed E-state index contributed by atoms with van der Waals surface area (Å²) in [6.45, 7) is 3.72. The Morgan fingerprint density at radius 2 is 2.32 bits per heavy atom. The third-order valence-corrected chi connectivity index (χ3v) is 5.27. The van der Waals surface area contributed by atoms with Crippen LogP contribution in [0.4, 0.5) is 5.69 Å². The summed E-state index contributed by atoms with van der Waals surface area (Å²) in [6.07, 6.45) is 1.07. The molecule has 116 valence electrons. The van der Waals surface area contributed by atoms with Gasteiger partial charge in [-0.15, -0.1) is 11.3 Å². The predicted octanol–water partition coefficient (Wildman–Crippen LogP) is 1.90. The number of quaternary nitrogens is 1. The number of rotatable bonds is 4. The van der Waals surface area contributed by atoms with Gasteiger partial charge in [0.15, 0.2) is 6.54 Å². The zero-order valence-electron chi connectivity index (χ0n) is 12.9. The molecule has 22 heavy (non-hydrogen) atoms. The van der Waals surface area contributed by atoms with Crippen molar-refractivity contribution in [2.75, 3.05) is 25.5 Å². The van der Waals surface area contributed by atoms with Gasteiger partial charge < -0.3 is 15.0 Å². The van der Waals surface area contributed by atoms with Crippen molar-refractivity contribution in [3.8, 4) is 5.75 Å². The van der Waals surface area contributed by atoms with Crippen LogP contribution in [0.5, 0.6) is 5.75 Å². The maximum absolute atomic E-state index is 12.3. The molecule has 0 aliphatic carbocycles. The van der Waals surface area contributed by atoms with Crippen molar-refractivity contribution in [3.63, 3.8) is 0 Å². The van der Waals surface area contributed by atoms with E-state index >= 15 is 0 Å². The second-order valence-electron chi connectivity index (χ2n) is 5.64. The summed E-state index contributed by atoms with van der Waals surface area (Å²) in [5.74, 6) is 0.799. The molecule has 1 aromatic carbocycles. The van der Waals surface area contributed by atoms with Crippen LogP contribution in [0.15, 0.2) is 35.7 Å². The van der Waals surface area contributed by atoms with Crippen LogP contribution in [-0.4, -0.2) is 26.1 Å². The molecule has 0 fully saturated rings. The molecule has 5 heteroatoms. The van der Waals surface area contributed by atoms with Gasteiger partial charge in [0.2, 0.25) is 0 Å². The lowest BCUT2D eigenvalue weighted by Gasteiger charge is -2.29. The van der Waals surface area contributed by atoms with E-state index in [4.69, 9.17) is 4.74 Å². The first-order chi connectivity index (χ1) is 10.7. The summed E-state index contributed by atoms with van der Waals surface area (Å²) < 4.78 is 5.18. The molecule has 1 aliphatic rings. The lowest BCUT2D eigenvalue weighted by Crippen LogP contribution is -3.14. The molecule has 0 saturated heterocycles. The van der Waals surface area contributed by atoms with Crippen LogP contribution in [0.2, 0.25) is 0 Å². The highest BCUT2D eigenvalue weighted by molar-refractivity contribution is 7.10. The van der Waals surface area contributed by atoms with Crippen LogP contribution in [-0.2, 0) is 11.2 Å². The SMILES string of the molecule is COc1cccc(NC(=O)C[NH+]2CCc3sccc3[C@H]2C)c1. The molecular formula is C17H21N2O2S+. The first-order valence-corrected chi connectivity index (χ1v) is 8.40. The third kappa shape index (κ3) is 3.15. The fraction of sp³-hybridized carbons (Fsp3) is 0.353. The number of ether oxygens (including phenoxy) is 1. The normalized spacial score (nSPS) is 20.3. The summed E-state index contributed by atoms with van der Waals surface area (Å²) in [5, 5.41) is 5.12. The fourth-order valence-electron chi connectivity index (χ4n) is 3.00. The van der Waals surface area contributed by atoms with E-state index in [1.54, 1.807) is 7.11 Å². The van der Waals surface area contributed by atoms with E-state index in [0.717, 1.165) is 24.4 Å². The lowest BCUT2D eigenvalue weighted by molar-refractivity contribution is -0.923. The number of thiophene rings is 1. The average molecular weight is 317 g/mol. The van der Waals surface area contributed by atoms with Gasteiger partial charge in [-0.1, -0.05) is 6.07 Å². The molecule has 1 aliphatic heterocycles. The number of methoxy groups -OCH3 is 1. The molecule has 0 saturated carbocycles. The van der Waals surface area contributed by atoms with Crippen molar-refractivity contribution in [2.45, 2.75) is 19.4 Å². The number of nitrogens with one attached hydrogen (secondary N) is 2. The van der Waals surface area contributed by atoms with Crippen molar-refractivity contribution in [1.29, 1.82) is 0 Å². The minimum Gasteiger partial charge on any atom is -0.497 e. The van der Waals surface area contributed by atoms with E-state index in [-0.39, 0.29) is 5.91 Å². The number of carbonyl (C=O) groups excluding carboxylic acids is 1. The topological polar surface area (TPSA) is 42.8 Å². The van der Waals surface area contributed by atoms with Gasteiger partial charge in [0.1, 0.15) is 11.8 Å². The molecule has 4 nitrogen and oxygen atoms in total. The molecule has 2 heterocycles. The Balaban J connectivity index is 1.62. The summed E-state index contributed by atoms with van der Waals surface area (Å²) >= 11 is 1.83. The molecule has 0 spiro atoms. The van der Waals surface area contributed by atoms with Crippen LogP contribution in [0.25, 0.3) is 0 Å². The van der Waals surface area contributed by atoms with Crippen LogP contribution in [0.1, 0.15) is 23.4 Å². The first kappa shape index (κ1) is 15.1. The summed E-state index contributed by atoms with van der Waals surface area (Å²) in [5.41, 5.74) is 2.19. The molecule has 0 bridgehead atoms. The van der Waals surface area contributed by atoms with Crippen LogP contribution in [0.3, 0.4) is 0 Å². The van der Waals surface area contributed by atoms with Gasteiger partial charge >= 0.3 is 0 Å². The molecule has 3 rings (SSSR count). The first-order valence-electron chi connectivity index (χ1n) is 7.52. The Kier molecular flexibility index (Phi) is 4.45. The van der Waals surface area contributed by atoms with E-state index in [1.807, 2.05) is 35.6 Å². The smallest absolute Gasteiger partial charge is 0.279 e. The molecular weight excluding hydrogens is 296 g/mol. The van der Waals surface area contributed by atoms with Crippen LogP contribution >= 0.6 is 11.3 Å². The third-order valence-electron chi connectivity index (χ3n) is 4.27. The largest absolute Gasteiger partial charge is 0.497 e. The van der Waals surface area contributed by atoms with Crippen LogP contribution < -0.4 is 15.0 Å². The highest BCUT2D eigenvalue weighted by Gasteiger charge is 2.29. The number of amides is 1. The maximum Gasteiger partial charge on any atom is 0.279 e. The van der Waals surface area contributed by atoms with Gasteiger partial charge in [0.25, 0.3) is 5.91 Å². The molecule has 1 aromatic heterocycles. The molecule has 2 aromatic rings. The molecule has 0 radical (unpaired) electrons. The van der Waals surface area contributed by atoms with Gasteiger partial charge in [-0.3, -0.25) is 4.79 Å². The van der Waals surface area contributed by atoms with Gasteiger partial charge in [0.05, 0.1) is 13.7 Å². The molecule has 1 amide bonds. The van der Waals surface area contributed by atoms with Crippen LogP contribution in [0, 0.1) is 0 Å². The van der Waals surface area contributed by atoms with E-state index in [1.165, 1.54) is 15.3 Å². The second-order valence-corrected chi connectivity index (χ2v) is 6.64. The Morgan fingerprint density at radius 1 is 1.45 bits per heavy atom. The second kappa shape index (κ2) is 6.50. The van der Waals surface area contributed by atoms with E-state index in [2.05, 4.69) is 23.7 Å². The van der Waals surface area contributed by atoms with Crippen molar-refractivity contribution < 1.29 is 14.4 Å². The zero-order chi connectivity index (χ0) is 15.5. The number of fused-ring (bicyclic) bond motifs is 1. The van der Waals surface area contributed by atoms with Crippen molar-refractivity contribution in [3.05, 3.63) is 46.2 Å². The van der Waals surface area contributed by atoms with Crippen molar-refractivity contribution in [1.82, 2.24) is 0 Å². The Morgan fingerprint density at radius 3 is 3.14 bits per heavy atom. The fourth-order valence-corrected chi connectivity index (χ4v) is 3.98. The van der Waals surface area contributed by atoms with Gasteiger partial charge in [0, 0.05) is 28.6 Å². The van der Waals surface area contributed by atoms with E-state index in [0.29, 0.717) is 12.6 Å². The molecule has 2 atom stereocenters. The predicted molar refractivity (Wildman–Crippen MR) is 88.8 cm³/mol. The number of hydrogen-bond acceptors (Lipinski definition) is 3. The summed E-state index contributed by atoms with van der Waals surface area (Å²) in [6, 6.07) is 10.0. The summed E-state index contributed by atoms with van der Waals surface area (Å²) in [4.78, 5) is 15.1. The summed E-state index contributed by atoms with van der Waals surface area (Å²) in [7, 11) is 1.62. The van der Waals surface area contributed by atoms with Crippen molar-refractivity contribution in [2.24, 2.45) is 0 Å². The number of carbonyl (C=O) groups is 1.